The number of carbonyl (C=O) groups is 2. The zero-order chi connectivity index (χ0) is 25.2. The van der Waals surface area contributed by atoms with Crippen molar-refractivity contribution in [2.75, 3.05) is 63.1 Å². The first kappa shape index (κ1) is 26.2. The van der Waals surface area contributed by atoms with Crippen molar-refractivity contribution in [2.24, 2.45) is 5.92 Å². The fourth-order valence-electron chi connectivity index (χ4n) is 4.01. The molecule has 35 heavy (non-hydrogen) atoms. The molecule has 0 aliphatic carbocycles. The quantitative estimate of drug-likeness (QED) is 0.434. The maximum absolute atomic E-state index is 13.1. The van der Waals surface area contributed by atoms with Gasteiger partial charge in [-0.3, -0.25) is 4.79 Å². The summed E-state index contributed by atoms with van der Waals surface area (Å²) in [4.78, 5) is 28.0. The number of anilines is 3. The van der Waals surface area contributed by atoms with E-state index in [-0.39, 0.29) is 5.91 Å². The highest BCUT2D eigenvalue weighted by Gasteiger charge is 2.22. The number of nitrogens with zero attached hydrogens (tertiary/aromatic N) is 1. The molecule has 190 valence electrons. The van der Waals surface area contributed by atoms with Crippen LogP contribution in [0.25, 0.3) is 0 Å². The lowest BCUT2D eigenvalue weighted by molar-refractivity contribution is 0.0949. The molecule has 2 aromatic carbocycles. The van der Waals surface area contributed by atoms with Crippen molar-refractivity contribution < 1.29 is 23.8 Å². The lowest BCUT2D eigenvalue weighted by atomic mass is 9.98. The first-order valence-electron chi connectivity index (χ1n) is 11.9. The van der Waals surface area contributed by atoms with E-state index in [0.29, 0.717) is 47.5 Å². The molecule has 3 rings (SSSR count). The Bertz CT molecular complexity index is 983. The zero-order valence-electron chi connectivity index (χ0n) is 21.0. The third-order valence-corrected chi connectivity index (χ3v) is 6.04. The van der Waals surface area contributed by atoms with E-state index in [1.54, 1.807) is 45.6 Å². The van der Waals surface area contributed by atoms with Crippen LogP contribution < -0.4 is 30.3 Å². The Morgan fingerprint density at radius 3 is 2.23 bits per heavy atom. The number of ether oxygens (including phenoxy) is 3. The van der Waals surface area contributed by atoms with Crippen LogP contribution in [0.5, 0.6) is 11.5 Å². The first-order valence-corrected chi connectivity index (χ1v) is 11.9. The molecule has 3 N–H and O–H groups in total. The van der Waals surface area contributed by atoms with Crippen LogP contribution in [0, 0.1) is 5.92 Å². The van der Waals surface area contributed by atoms with Crippen molar-refractivity contribution in [3.63, 3.8) is 0 Å². The molecule has 9 nitrogen and oxygen atoms in total. The summed E-state index contributed by atoms with van der Waals surface area (Å²) in [5.74, 6) is 1.63. The molecule has 1 fully saturated rings. The van der Waals surface area contributed by atoms with Gasteiger partial charge in [0, 0.05) is 68.6 Å². The molecule has 0 radical (unpaired) electrons. The third-order valence-electron chi connectivity index (χ3n) is 6.04. The molecular formula is C26H36N4O5. The largest absolute Gasteiger partial charge is 0.497 e. The van der Waals surface area contributed by atoms with Crippen molar-refractivity contribution >= 4 is 29.0 Å². The van der Waals surface area contributed by atoms with Gasteiger partial charge < -0.3 is 35.1 Å². The lowest BCUT2D eigenvalue weighted by Gasteiger charge is -2.33. The van der Waals surface area contributed by atoms with Crippen molar-refractivity contribution in [1.29, 1.82) is 0 Å². The van der Waals surface area contributed by atoms with Crippen molar-refractivity contribution in [1.82, 2.24) is 5.32 Å². The molecule has 9 heteroatoms. The first-order chi connectivity index (χ1) is 16.9. The molecule has 0 saturated carbocycles. The van der Waals surface area contributed by atoms with Gasteiger partial charge >= 0.3 is 6.03 Å². The Balaban J connectivity index is 1.76. The fraction of sp³-hybridized carbons (Fsp3) is 0.462. The van der Waals surface area contributed by atoms with E-state index in [1.165, 1.54) is 0 Å². The molecule has 0 aromatic heterocycles. The second-order valence-electron chi connectivity index (χ2n) is 8.68. The van der Waals surface area contributed by atoms with E-state index in [9.17, 15) is 9.59 Å². The minimum absolute atomic E-state index is 0.170. The molecule has 1 saturated heterocycles. The van der Waals surface area contributed by atoms with Crippen LogP contribution >= 0.6 is 0 Å². The van der Waals surface area contributed by atoms with Gasteiger partial charge in [0.05, 0.1) is 19.8 Å². The number of carbonyl (C=O) groups excluding carboxylic acids is 2. The van der Waals surface area contributed by atoms with E-state index in [4.69, 9.17) is 14.2 Å². The van der Waals surface area contributed by atoms with Crippen LogP contribution in [0.15, 0.2) is 36.4 Å². The topological polar surface area (TPSA) is 101 Å². The molecular weight excluding hydrogens is 448 g/mol. The van der Waals surface area contributed by atoms with Crippen molar-refractivity contribution in [3.8, 4) is 11.5 Å². The zero-order valence-corrected chi connectivity index (χ0v) is 21.0. The number of rotatable bonds is 10. The number of hydrogen-bond donors (Lipinski definition) is 3. The van der Waals surface area contributed by atoms with Gasteiger partial charge in [0.1, 0.15) is 11.5 Å². The summed E-state index contributed by atoms with van der Waals surface area (Å²) in [6.07, 6.45) is 2.89. The number of nitrogens with one attached hydrogen (secondary N) is 3. The monoisotopic (exact) mass is 484 g/mol. The Labute approximate surface area is 207 Å². The second-order valence-corrected chi connectivity index (χ2v) is 8.68. The van der Waals surface area contributed by atoms with Gasteiger partial charge in [-0.05, 0) is 43.4 Å². The van der Waals surface area contributed by atoms with Crippen molar-refractivity contribution in [3.05, 3.63) is 42.0 Å². The predicted octanol–water partition coefficient (Wildman–Crippen LogP) is 4.35. The van der Waals surface area contributed by atoms with E-state index >= 15 is 0 Å². The highest BCUT2D eigenvalue weighted by molar-refractivity contribution is 6.04. The van der Waals surface area contributed by atoms with E-state index in [2.05, 4.69) is 27.8 Å². The number of methoxy groups -OCH3 is 3. The van der Waals surface area contributed by atoms with E-state index in [1.807, 2.05) is 12.1 Å². The van der Waals surface area contributed by atoms with E-state index < -0.39 is 6.03 Å². The Morgan fingerprint density at radius 1 is 0.943 bits per heavy atom. The molecule has 0 spiro atoms. The summed E-state index contributed by atoms with van der Waals surface area (Å²) in [6, 6.07) is 10.1. The molecule has 0 atom stereocenters. The minimum atomic E-state index is -0.439. The number of urea groups is 1. The summed E-state index contributed by atoms with van der Waals surface area (Å²) < 4.78 is 15.6. The molecule has 0 unspecified atom stereocenters. The summed E-state index contributed by atoms with van der Waals surface area (Å²) in [6.45, 7) is 5.14. The average Bonchev–Trinajstić information content (AvgIpc) is 2.86. The smallest absolute Gasteiger partial charge is 0.323 e. The van der Waals surface area contributed by atoms with E-state index in [0.717, 1.165) is 38.0 Å². The predicted molar refractivity (Wildman–Crippen MR) is 138 cm³/mol. The molecule has 1 heterocycles. The Morgan fingerprint density at radius 2 is 1.60 bits per heavy atom. The summed E-state index contributed by atoms with van der Waals surface area (Å²) in [5, 5.41) is 8.57. The van der Waals surface area contributed by atoms with Gasteiger partial charge in [-0.1, -0.05) is 6.92 Å². The average molecular weight is 485 g/mol. The van der Waals surface area contributed by atoms with Crippen LogP contribution in [0.2, 0.25) is 0 Å². The number of amides is 3. The van der Waals surface area contributed by atoms with Gasteiger partial charge in [0.25, 0.3) is 5.91 Å². The SMILES string of the molecule is COCCCNC(=O)c1cc(NC(=O)Nc2cc(OC)cc(OC)c2)ccc1N1CCC(C)CC1. The van der Waals surface area contributed by atoms with Gasteiger partial charge in [-0.25, -0.2) is 4.79 Å². The Hall–Kier alpha value is -3.46. The van der Waals surface area contributed by atoms with Crippen LogP contribution in [0.1, 0.15) is 36.5 Å². The molecule has 1 aliphatic rings. The lowest BCUT2D eigenvalue weighted by Crippen LogP contribution is -2.35. The normalized spacial score (nSPS) is 13.8. The van der Waals surface area contributed by atoms with Crippen LogP contribution in [0.4, 0.5) is 21.9 Å². The van der Waals surface area contributed by atoms with Crippen LogP contribution in [-0.2, 0) is 4.74 Å². The third kappa shape index (κ3) is 7.51. The van der Waals surface area contributed by atoms with Crippen molar-refractivity contribution in [2.45, 2.75) is 26.2 Å². The van der Waals surface area contributed by atoms with Gasteiger partial charge in [0.2, 0.25) is 0 Å². The Kier molecular flexibility index (Phi) is 9.60. The maximum atomic E-state index is 13.1. The number of piperidine rings is 1. The standard InChI is InChI=1S/C26H36N4O5/c1-18-8-11-30(12-9-18)24-7-6-19(16-23(24)25(31)27-10-5-13-33-2)28-26(32)29-20-14-21(34-3)17-22(15-20)35-4/h6-7,14-18H,5,8-13H2,1-4H3,(H,27,31)(H2,28,29,32). The molecule has 1 aliphatic heterocycles. The highest BCUT2D eigenvalue weighted by atomic mass is 16.5. The summed E-state index contributed by atoms with van der Waals surface area (Å²) in [5.41, 5.74) is 2.46. The number of hydrogen-bond acceptors (Lipinski definition) is 6. The molecule has 0 bridgehead atoms. The second kappa shape index (κ2) is 12.9. The maximum Gasteiger partial charge on any atom is 0.323 e. The fourth-order valence-corrected chi connectivity index (χ4v) is 4.01. The summed E-state index contributed by atoms with van der Waals surface area (Å²) in [7, 11) is 4.73. The highest BCUT2D eigenvalue weighted by Crippen LogP contribution is 2.29. The van der Waals surface area contributed by atoms with Gasteiger partial charge in [0.15, 0.2) is 0 Å². The van der Waals surface area contributed by atoms with Crippen LogP contribution in [0.3, 0.4) is 0 Å². The van der Waals surface area contributed by atoms with Gasteiger partial charge in [-0.2, -0.15) is 0 Å². The van der Waals surface area contributed by atoms with Gasteiger partial charge in [-0.15, -0.1) is 0 Å². The number of benzene rings is 2. The van der Waals surface area contributed by atoms with Crippen LogP contribution in [-0.4, -0.2) is 59.5 Å². The molecule has 2 aromatic rings. The summed E-state index contributed by atoms with van der Waals surface area (Å²) >= 11 is 0. The minimum Gasteiger partial charge on any atom is -0.497 e. The molecule has 3 amide bonds.